The number of hydrogen-bond acceptors (Lipinski definition) is 7. The summed E-state index contributed by atoms with van der Waals surface area (Å²) in [6.07, 6.45) is 12.7. The Morgan fingerprint density at radius 3 is 2.40 bits per heavy atom. The molecular weight excluding hydrogens is 478 g/mol. The van der Waals surface area contributed by atoms with Gasteiger partial charge in [-0.15, -0.1) is 22.7 Å². The minimum Gasteiger partial charge on any atom is -0.494 e. The summed E-state index contributed by atoms with van der Waals surface area (Å²) in [5.41, 5.74) is 0.273. The quantitative estimate of drug-likeness (QED) is 0.287. The third-order valence-corrected chi connectivity index (χ3v) is 7.79. The molecule has 1 aromatic carbocycles. The average Bonchev–Trinajstić information content (AvgIpc) is 3.63. The lowest BCUT2D eigenvalue weighted by Crippen LogP contribution is -2.43. The van der Waals surface area contributed by atoms with Gasteiger partial charge in [0.1, 0.15) is 5.75 Å². The van der Waals surface area contributed by atoms with Gasteiger partial charge in [0, 0.05) is 11.9 Å². The first kappa shape index (κ1) is 23.4. The number of para-hydroxylation sites is 1. The number of nitrogens with zero attached hydrogens (tertiary/aromatic N) is 1. The molecule has 1 unspecified atom stereocenters. The van der Waals surface area contributed by atoms with Crippen molar-refractivity contribution in [2.75, 3.05) is 6.61 Å². The van der Waals surface area contributed by atoms with E-state index in [1.165, 1.54) is 22.7 Å². The minimum absolute atomic E-state index is 0.536. The number of thiophene rings is 2. The molecule has 4 heterocycles. The Kier molecular flexibility index (Phi) is 6.99. The van der Waals surface area contributed by atoms with Gasteiger partial charge in [-0.25, -0.2) is 4.79 Å². The summed E-state index contributed by atoms with van der Waals surface area (Å²) < 4.78 is 11.8. The van der Waals surface area contributed by atoms with Gasteiger partial charge in [-0.05, 0) is 71.7 Å². The Labute approximate surface area is 212 Å². The lowest BCUT2D eigenvalue weighted by molar-refractivity contribution is -0.170. The monoisotopic (exact) mass is 503 g/mol. The zero-order valence-corrected chi connectivity index (χ0v) is 20.6. The van der Waals surface area contributed by atoms with E-state index >= 15 is 0 Å². The van der Waals surface area contributed by atoms with Gasteiger partial charge in [0.15, 0.2) is 6.23 Å². The van der Waals surface area contributed by atoms with E-state index in [1.54, 1.807) is 12.1 Å². The molecule has 0 fully saturated rings. The molecule has 2 aliphatic rings. The van der Waals surface area contributed by atoms with Crippen LogP contribution in [0, 0.1) is 0 Å². The smallest absolute Gasteiger partial charge is 0.351 e. The highest BCUT2D eigenvalue weighted by atomic mass is 32.1. The number of aliphatic hydroxyl groups is 1. The second-order valence-electron chi connectivity index (χ2n) is 8.10. The van der Waals surface area contributed by atoms with Crippen LogP contribution in [-0.4, -0.2) is 28.8 Å². The molecule has 5 nitrogen and oxygen atoms in total. The van der Waals surface area contributed by atoms with Gasteiger partial charge < -0.3 is 19.5 Å². The summed E-state index contributed by atoms with van der Waals surface area (Å²) in [4.78, 5) is 16.4. The zero-order valence-electron chi connectivity index (χ0n) is 18.9. The summed E-state index contributed by atoms with van der Waals surface area (Å²) >= 11 is 2.66. The number of carbonyl (C=O) groups excluding carboxylic acids is 1. The van der Waals surface area contributed by atoms with Crippen LogP contribution in [0.5, 0.6) is 5.75 Å². The van der Waals surface area contributed by atoms with E-state index in [0.717, 1.165) is 29.9 Å². The lowest BCUT2D eigenvalue weighted by atomic mass is 9.99. The summed E-state index contributed by atoms with van der Waals surface area (Å²) in [5, 5.41) is 15.2. The van der Waals surface area contributed by atoms with Crippen molar-refractivity contribution in [2.45, 2.75) is 24.7 Å². The maximum atomic E-state index is 13.4. The van der Waals surface area contributed by atoms with Crippen molar-refractivity contribution in [1.82, 2.24) is 4.90 Å². The molecule has 2 aromatic heterocycles. The van der Waals surface area contributed by atoms with Gasteiger partial charge in [0.05, 0.1) is 16.4 Å². The van der Waals surface area contributed by atoms with Crippen LogP contribution in [0.25, 0.3) is 0 Å². The van der Waals surface area contributed by atoms with Crippen LogP contribution < -0.4 is 4.74 Å². The topological polar surface area (TPSA) is 59.0 Å². The zero-order chi connectivity index (χ0) is 24.1. The van der Waals surface area contributed by atoms with Gasteiger partial charge in [0.25, 0.3) is 0 Å². The SMILES string of the molecule is O=C(OC1C=CC(CCCOc2ccccc2)=C2C=CC=CN21)C(O)(c1cccs1)c1cccs1. The third-order valence-electron chi connectivity index (χ3n) is 5.84. The van der Waals surface area contributed by atoms with Crippen LogP contribution in [0.2, 0.25) is 0 Å². The molecule has 1 N–H and O–H groups in total. The van der Waals surface area contributed by atoms with Gasteiger partial charge in [-0.2, -0.15) is 0 Å². The summed E-state index contributed by atoms with van der Waals surface area (Å²) in [6.45, 7) is 0.612. The molecule has 2 aliphatic heterocycles. The van der Waals surface area contributed by atoms with Crippen molar-refractivity contribution < 1.29 is 19.4 Å². The second kappa shape index (κ2) is 10.5. The molecule has 35 heavy (non-hydrogen) atoms. The van der Waals surface area contributed by atoms with E-state index < -0.39 is 17.8 Å². The first-order valence-electron chi connectivity index (χ1n) is 11.4. The normalized spacial score (nSPS) is 16.9. The van der Waals surface area contributed by atoms with Crippen molar-refractivity contribution >= 4 is 28.6 Å². The Morgan fingerprint density at radius 1 is 0.971 bits per heavy atom. The number of ether oxygens (including phenoxy) is 2. The number of esters is 1. The van der Waals surface area contributed by atoms with Crippen molar-refractivity contribution in [3.05, 3.63) is 123 Å². The van der Waals surface area contributed by atoms with E-state index in [0.29, 0.717) is 16.4 Å². The number of fused-ring (bicyclic) bond motifs is 1. The van der Waals surface area contributed by atoms with Crippen LogP contribution in [-0.2, 0) is 15.1 Å². The van der Waals surface area contributed by atoms with Crippen molar-refractivity contribution in [3.63, 3.8) is 0 Å². The molecule has 3 aromatic rings. The number of benzene rings is 1. The molecule has 178 valence electrons. The van der Waals surface area contributed by atoms with Gasteiger partial charge in [0.2, 0.25) is 5.60 Å². The maximum Gasteiger partial charge on any atom is 0.351 e. The fourth-order valence-electron chi connectivity index (χ4n) is 4.09. The number of carbonyl (C=O) groups is 1. The number of hydrogen-bond donors (Lipinski definition) is 1. The molecule has 0 amide bonds. The Balaban J connectivity index is 1.29. The molecule has 0 bridgehead atoms. The first-order valence-corrected chi connectivity index (χ1v) is 13.2. The first-order chi connectivity index (χ1) is 17.2. The van der Waals surface area contributed by atoms with Crippen LogP contribution in [0.15, 0.2) is 113 Å². The van der Waals surface area contributed by atoms with Crippen LogP contribution >= 0.6 is 22.7 Å². The van der Waals surface area contributed by atoms with Crippen molar-refractivity contribution in [2.24, 2.45) is 0 Å². The van der Waals surface area contributed by atoms with E-state index in [9.17, 15) is 9.90 Å². The molecule has 0 spiro atoms. The standard InChI is InChI=1S/C28H25NO4S2/c30-27(28(31,24-13-7-19-34-24)25-14-8-20-35-25)33-26-16-15-21(23-12-4-5-17-29(23)26)9-6-18-32-22-10-2-1-3-11-22/h1-5,7-8,10-17,19-20,26,31H,6,9,18H2. The fraction of sp³-hybridized carbons (Fsp3) is 0.179. The molecule has 0 aliphatic carbocycles. The molecule has 7 heteroatoms. The summed E-state index contributed by atoms with van der Waals surface area (Å²) in [6, 6.07) is 16.9. The number of allylic oxidation sites excluding steroid dienone is 5. The molecule has 0 saturated heterocycles. The van der Waals surface area contributed by atoms with Crippen molar-refractivity contribution in [3.8, 4) is 5.75 Å². The Morgan fingerprint density at radius 2 is 1.71 bits per heavy atom. The van der Waals surface area contributed by atoms with Crippen LogP contribution in [0.1, 0.15) is 22.6 Å². The Bertz CT molecular complexity index is 1220. The lowest BCUT2D eigenvalue weighted by Gasteiger charge is -2.36. The predicted octanol–water partition coefficient (Wildman–Crippen LogP) is 5.98. The molecule has 1 atom stereocenters. The average molecular weight is 504 g/mol. The van der Waals surface area contributed by atoms with E-state index in [-0.39, 0.29) is 0 Å². The summed E-state index contributed by atoms with van der Waals surface area (Å²) in [5.74, 6) is 0.168. The molecular formula is C28H25NO4S2. The predicted molar refractivity (Wildman–Crippen MR) is 139 cm³/mol. The molecule has 0 radical (unpaired) electrons. The van der Waals surface area contributed by atoms with Crippen LogP contribution in [0.4, 0.5) is 0 Å². The molecule has 0 saturated carbocycles. The highest BCUT2D eigenvalue weighted by Gasteiger charge is 2.45. The van der Waals surface area contributed by atoms with E-state index in [2.05, 4.69) is 0 Å². The highest BCUT2D eigenvalue weighted by molar-refractivity contribution is 7.12. The largest absolute Gasteiger partial charge is 0.494 e. The third kappa shape index (κ3) is 4.89. The van der Waals surface area contributed by atoms with E-state index in [1.807, 2.05) is 94.7 Å². The Hall–Kier alpha value is -3.39. The van der Waals surface area contributed by atoms with Crippen molar-refractivity contribution in [1.29, 1.82) is 0 Å². The number of rotatable bonds is 9. The van der Waals surface area contributed by atoms with Gasteiger partial charge in [-0.1, -0.05) is 42.5 Å². The van der Waals surface area contributed by atoms with Gasteiger partial charge in [-0.3, -0.25) is 0 Å². The highest BCUT2D eigenvalue weighted by Crippen LogP contribution is 2.38. The maximum absolute atomic E-state index is 13.4. The molecule has 5 rings (SSSR count). The van der Waals surface area contributed by atoms with Gasteiger partial charge >= 0.3 is 5.97 Å². The van der Waals surface area contributed by atoms with E-state index in [4.69, 9.17) is 9.47 Å². The van der Waals surface area contributed by atoms with Crippen LogP contribution in [0.3, 0.4) is 0 Å². The second-order valence-corrected chi connectivity index (χ2v) is 10.00. The summed E-state index contributed by atoms with van der Waals surface area (Å²) in [7, 11) is 0. The minimum atomic E-state index is -1.84. The fourth-order valence-corrected chi connectivity index (χ4v) is 5.80.